The molecule has 1 fully saturated rings. The van der Waals surface area contributed by atoms with Gasteiger partial charge in [-0.3, -0.25) is 9.69 Å². The Morgan fingerprint density at radius 2 is 2.04 bits per heavy atom. The van der Waals surface area contributed by atoms with Crippen LogP contribution in [0.4, 0.5) is 5.69 Å². The first kappa shape index (κ1) is 17.6. The number of ether oxygens (including phenoxy) is 1. The van der Waals surface area contributed by atoms with Crippen LogP contribution in [0.2, 0.25) is 5.02 Å². The number of amides is 1. The van der Waals surface area contributed by atoms with Crippen molar-refractivity contribution in [2.75, 3.05) is 13.7 Å². The summed E-state index contributed by atoms with van der Waals surface area (Å²) in [5.41, 5.74) is 1.64. The van der Waals surface area contributed by atoms with E-state index >= 15 is 0 Å². The zero-order valence-electron chi connectivity index (χ0n) is 13.9. The molecule has 1 aliphatic heterocycles. The molecule has 1 amide bonds. The van der Waals surface area contributed by atoms with Crippen LogP contribution in [-0.2, 0) is 4.79 Å². The van der Waals surface area contributed by atoms with Gasteiger partial charge in [-0.15, -0.1) is 0 Å². The number of methoxy groups -OCH3 is 1. The lowest BCUT2D eigenvalue weighted by Gasteiger charge is -2.12. The number of nitrogens with zero attached hydrogens (tertiary/aromatic N) is 2. The summed E-state index contributed by atoms with van der Waals surface area (Å²) in [6.07, 6.45) is 1.86. The topological polar surface area (TPSA) is 41.9 Å². The number of hydrogen-bond donors (Lipinski definition) is 0. The van der Waals surface area contributed by atoms with Crippen molar-refractivity contribution in [2.45, 2.75) is 6.92 Å². The molecular weight excluding hydrogens is 356 g/mol. The van der Waals surface area contributed by atoms with Gasteiger partial charge in [0.25, 0.3) is 5.91 Å². The van der Waals surface area contributed by atoms with E-state index in [1.54, 1.807) is 24.1 Å². The van der Waals surface area contributed by atoms with Gasteiger partial charge in [-0.1, -0.05) is 29.8 Å². The molecule has 2 aromatic carbocycles. The van der Waals surface area contributed by atoms with Gasteiger partial charge in [0.05, 0.1) is 17.7 Å². The number of aliphatic imine (C=N–C) groups is 1. The molecule has 1 heterocycles. The minimum Gasteiger partial charge on any atom is -0.497 e. The Morgan fingerprint density at radius 1 is 1.24 bits per heavy atom. The fourth-order valence-corrected chi connectivity index (χ4v) is 3.66. The van der Waals surface area contributed by atoms with Gasteiger partial charge in [0.2, 0.25) is 0 Å². The van der Waals surface area contributed by atoms with E-state index in [9.17, 15) is 4.79 Å². The fourth-order valence-electron chi connectivity index (χ4n) is 2.41. The minimum atomic E-state index is -0.0453. The predicted octanol–water partition coefficient (Wildman–Crippen LogP) is 4.97. The van der Waals surface area contributed by atoms with Crippen molar-refractivity contribution in [1.29, 1.82) is 0 Å². The predicted molar refractivity (Wildman–Crippen MR) is 104 cm³/mol. The molecule has 0 saturated carbocycles. The monoisotopic (exact) mass is 372 g/mol. The molecule has 6 heteroatoms. The molecule has 0 radical (unpaired) electrons. The summed E-state index contributed by atoms with van der Waals surface area (Å²) >= 11 is 7.38. The Kier molecular flexibility index (Phi) is 5.46. The first-order valence-corrected chi connectivity index (χ1v) is 9.00. The Hall–Kier alpha value is -2.24. The van der Waals surface area contributed by atoms with E-state index in [1.807, 2.05) is 49.4 Å². The van der Waals surface area contributed by atoms with Crippen molar-refractivity contribution in [2.24, 2.45) is 4.99 Å². The lowest BCUT2D eigenvalue weighted by molar-refractivity contribution is -0.122. The molecule has 0 N–H and O–H groups in total. The normalized spacial score (nSPS) is 17.6. The van der Waals surface area contributed by atoms with Crippen LogP contribution >= 0.6 is 23.4 Å². The SMILES string of the molecule is CCN1C(=O)/C(=C\c2cccc(OC)c2)SC1=Nc1cccc(Cl)c1. The largest absolute Gasteiger partial charge is 0.497 e. The van der Waals surface area contributed by atoms with Crippen LogP contribution < -0.4 is 4.74 Å². The van der Waals surface area contributed by atoms with Gasteiger partial charge < -0.3 is 4.74 Å². The average molecular weight is 373 g/mol. The number of amidine groups is 1. The lowest BCUT2D eigenvalue weighted by Crippen LogP contribution is -2.28. The second-order valence-corrected chi connectivity index (χ2v) is 6.76. The van der Waals surface area contributed by atoms with Crippen LogP contribution in [0.15, 0.2) is 58.4 Å². The fraction of sp³-hybridized carbons (Fsp3) is 0.158. The number of carbonyl (C=O) groups excluding carboxylic acids is 1. The van der Waals surface area contributed by atoms with E-state index in [0.29, 0.717) is 21.6 Å². The van der Waals surface area contributed by atoms with Gasteiger partial charge in [0, 0.05) is 11.6 Å². The third kappa shape index (κ3) is 4.06. The van der Waals surface area contributed by atoms with E-state index in [-0.39, 0.29) is 5.91 Å². The summed E-state index contributed by atoms with van der Waals surface area (Å²) < 4.78 is 5.23. The third-order valence-corrected chi connectivity index (χ3v) is 4.87. The maximum absolute atomic E-state index is 12.7. The molecule has 0 aromatic heterocycles. The van der Waals surface area contributed by atoms with Gasteiger partial charge in [-0.2, -0.15) is 0 Å². The van der Waals surface area contributed by atoms with Crippen molar-refractivity contribution in [1.82, 2.24) is 4.90 Å². The average Bonchev–Trinajstić information content (AvgIpc) is 2.89. The molecule has 128 valence electrons. The number of rotatable bonds is 4. The van der Waals surface area contributed by atoms with Gasteiger partial charge >= 0.3 is 0 Å². The van der Waals surface area contributed by atoms with Gasteiger partial charge in [0.15, 0.2) is 5.17 Å². The van der Waals surface area contributed by atoms with E-state index in [1.165, 1.54) is 11.8 Å². The second kappa shape index (κ2) is 7.76. The van der Waals surface area contributed by atoms with Crippen LogP contribution in [0.1, 0.15) is 12.5 Å². The van der Waals surface area contributed by atoms with Crippen LogP contribution in [-0.4, -0.2) is 29.6 Å². The van der Waals surface area contributed by atoms with E-state index in [0.717, 1.165) is 17.0 Å². The number of hydrogen-bond acceptors (Lipinski definition) is 4. The third-order valence-electron chi connectivity index (χ3n) is 3.63. The Bertz CT molecular complexity index is 864. The first-order valence-electron chi connectivity index (χ1n) is 7.80. The van der Waals surface area contributed by atoms with E-state index in [2.05, 4.69) is 4.99 Å². The summed E-state index contributed by atoms with van der Waals surface area (Å²) in [7, 11) is 1.62. The van der Waals surface area contributed by atoms with Crippen LogP contribution in [0.25, 0.3) is 6.08 Å². The zero-order valence-corrected chi connectivity index (χ0v) is 15.5. The Morgan fingerprint density at radius 3 is 2.76 bits per heavy atom. The maximum Gasteiger partial charge on any atom is 0.266 e. The smallest absolute Gasteiger partial charge is 0.266 e. The van der Waals surface area contributed by atoms with Gasteiger partial charge in [-0.05, 0) is 60.7 Å². The number of halogens is 1. The molecule has 3 rings (SSSR count). The zero-order chi connectivity index (χ0) is 17.8. The minimum absolute atomic E-state index is 0.0453. The van der Waals surface area contributed by atoms with E-state index < -0.39 is 0 Å². The second-order valence-electron chi connectivity index (χ2n) is 5.31. The molecule has 0 spiro atoms. The lowest BCUT2D eigenvalue weighted by atomic mass is 10.2. The van der Waals surface area contributed by atoms with Gasteiger partial charge in [0.1, 0.15) is 5.75 Å². The Labute approximate surface area is 156 Å². The highest BCUT2D eigenvalue weighted by Gasteiger charge is 2.32. The summed E-state index contributed by atoms with van der Waals surface area (Å²) in [6, 6.07) is 14.9. The van der Waals surface area contributed by atoms with Crippen LogP contribution in [0.5, 0.6) is 5.75 Å². The highest BCUT2D eigenvalue weighted by Crippen LogP contribution is 2.34. The standard InChI is InChI=1S/C19H17ClN2O2S/c1-3-22-18(23)17(11-13-6-4-9-16(10-13)24-2)25-19(22)21-15-8-5-7-14(20)12-15/h4-12H,3H2,1-2H3/b17-11+,21-19?. The highest BCUT2D eigenvalue weighted by molar-refractivity contribution is 8.18. The molecule has 0 bridgehead atoms. The van der Waals surface area contributed by atoms with Crippen LogP contribution in [0.3, 0.4) is 0 Å². The molecule has 0 aliphatic carbocycles. The molecule has 2 aromatic rings. The summed E-state index contributed by atoms with van der Waals surface area (Å²) in [5.74, 6) is 0.709. The molecule has 0 unspecified atom stereocenters. The molecule has 0 atom stereocenters. The maximum atomic E-state index is 12.7. The summed E-state index contributed by atoms with van der Waals surface area (Å²) in [6.45, 7) is 2.49. The van der Waals surface area contributed by atoms with Gasteiger partial charge in [-0.25, -0.2) is 4.99 Å². The van der Waals surface area contributed by atoms with E-state index in [4.69, 9.17) is 16.3 Å². The number of thioether (sulfide) groups is 1. The van der Waals surface area contributed by atoms with Crippen molar-refractivity contribution >= 4 is 46.2 Å². The molecule has 25 heavy (non-hydrogen) atoms. The molecule has 1 saturated heterocycles. The summed E-state index contributed by atoms with van der Waals surface area (Å²) in [5, 5.41) is 1.27. The molecule has 1 aliphatic rings. The number of benzene rings is 2. The summed E-state index contributed by atoms with van der Waals surface area (Å²) in [4.78, 5) is 19.5. The number of likely N-dealkylation sites (N-methyl/N-ethyl adjacent to an activating group) is 1. The molecule has 4 nitrogen and oxygen atoms in total. The van der Waals surface area contributed by atoms with Crippen molar-refractivity contribution in [3.8, 4) is 5.75 Å². The van der Waals surface area contributed by atoms with Crippen LogP contribution in [0, 0.1) is 0 Å². The quantitative estimate of drug-likeness (QED) is 0.711. The Balaban J connectivity index is 1.93. The van der Waals surface area contributed by atoms with Crippen molar-refractivity contribution < 1.29 is 9.53 Å². The highest BCUT2D eigenvalue weighted by atomic mass is 35.5. The number of carbonyl (C=O) groups is 1. The van der Waals surface area contributed by atoms with Crippen molar-refractivity contribution in [3.63, 3.8) is 0 Å². The molecular formula is C19H17ClN2O2S. The van der Waals surface area contributed by atoms with Crippen molar-refractivity contribution in [3.05, 3.63) is 64.0 Å². The first-order chi connectivity index (χ1) is 12.1.